The number of hydrogen-bond acceptors (Lipinski definition) is 7. The molecule has 3 rings (SSSR count). The summed E-state index contributed by atoms with van der Waals surface area (Å²) in [4.78, 5) is 23.3. The van der Waals surface area contributed by atoms with Gasteiger partial charge >= 0.3 is 0 Å². The number of nitro benzene ring substituents is 2. The second kappa shape index (κ2) is 8.68. The van der Waals surface area contributed by atoms with Gasteiger partial charge in [-0.05, 0) is 43.9 Å². The van der Waals surface area contributed by atoms with Crippen molar-refractivity contribution in [3.8, 4) is 0 Å². The Morgan fingerprint density at radius 2 is 1.72 bits per heavy atom. The summed E-state index contributed by atoms with van der Waals surface area (Å²) in [5.74, 6) is 0.653. The third kappa shape index (κ3) is 4.87. The number of hydrazone groups is 1. The third-order valence-electron chi connectivity index (χ3n) is 5.15. The van der Waals surface area contributed by atoms with Crippen LogP contribution in [0.5, 0.6) is 0 Å². The molecule has 0 spiro atoms. The van der Waals surface area contributed by atoms with Gasteiger partial charge in [-0.2, -0.15) is 5.10 Å². The first-order valence-electron chi connectivity index (χ1n) is 9.43. The molecule has 0 aliphatic carbocycles. The van der Waals surface area contributed by atoms with Gasteiger partial charge in [-0.15, -0.1) is 0 Å². The summed E-state index contributed by atoms with van der Waals surface area (Å²) in [6.45, 7) is 5.28. The lowest BCUT2D eigenvalue weighted by Crippen LogP contribution is -2.40. The molecule has 1 saturated heterocycles. The van der Waals surface area contributed by atoms with Crippen molar-refractivity contribution in [1.82, 2.24) is 0 Å². The van der Waals surface area contributed by atoms with E-state index in [1.165, 1.54) is 24.3 Å². The molecule has 0 amide bonds. The van der Waals surface area contributed by atoms with Crippen LogP contribution in [-0.2, 0) is 0 Å². The first-order valence-corrected chi connectivity index (χ1v) is 9.43. The predicted octanol–water partition coefficient (Wildman–Crippen LogP) is 4.57. The number of anilines is 2. The summed E-state index contributed by atoms with van der Waals surface area (Å²) in [6, 6.07) is 11.0. The number of non-ortho nitro benzene ring substituents is 2. The van der Waals surface area contributed by atoms with E-state index in [4.69, 9.17) is 0 Å². The first-order chi connectivity index (χ1) is 13.8. The van der Waals surface area contributed by atoms with Crippen LogP contribution in [0, 0.1) is 26.1 Å². The van der Waals surface area contributed by atoms with Gasteiger partial charge < -0.3 is 4.90 Å². The molecule has 1 N–H and O–H groups in total. The van der Waals surface area contributed by atoms with E-state index in [0.717, 1.165) is 25.1 Å². The maximum atomic E-state index is 11.2. The number of nitro groups is 2. The summed E-state index contributed by atoms with van der Waals surface area (Å²) in [6.07, 6.45) is 3.68. The second-order valence-electron chi connectivity index (χ2n) is 7.35. The number of nitrogens with zero attached hydrogens (tertiary/aromatic N) is 4. The minimum atomic E-state index is -0.469. The van der Waals surface area contributed by atoms with Crippen LogP contribution in [0.1, 0.15) is 32.3 Å². The van der Waals surface area contributed by atoms with E-state index in [9.17, 15) is 20.2 Å². The van der Waals surface area contributed by atoms with Crippen LogP contribution in [-0.4, -0.2) is 28.6 Å². The van der Waals surface area contributed by atoms with Crippen LogP contribution in [0.15, 0.2) is 47.6 Å². The van der Waals surface area contributed by atoms with Crippen molar-refractivity contribution in [3.63, 3.8) is 0 Å². The van der Waals surface area contributed by atoms with Gasteiger partial charge in [0.25, 0.3) is 11.4 Å². The maximum Gasteiger partial charge on any atom is 0.270 e. The molecular formula is C20H23N5O4. The molecule has 0 bridgehead atoms. The van der Waals surface area contributed by atoms with Gasteiger partial charge in [0.1, 0.15) is 0 Å². The fourth-order valence-electron chi connectivity index (χ4n) is 3.62. The zero-order valence-electron chi connectivity index (χ0n) is 16.3. The smallest absolute Gasteiger partial charge is 0.270 e. The number of piperidine rings is 1. The minimum Gasteiger partial charge on any atom is -0.368 e. The molecule has 1 fully saturated rings. The largest absolute Gasteiger partial charge is 0.368 e. The lowest BCUT2D eigenvalue weighted by molar-refractivity contribution is -0.385. The third-order valence-corrected chi connectivity index (χ3v) is 5.15. The Labute approximate surface area is 168 Å². The SMILES string of the molecule is C[C@H]1CCN(c2ccc([N+](=O)[O-])cc2/C=N\Nc2ccc([N+](=O)[O-])cc2)[C@@H](C)C1. The average Bonchev–Trinajstić information content (AvgIpc) is 2.68. The summed E-state index contributed by atoms with van der Waals surface area (Å²) in [7, 11) is 0. The van der Waals surface area contributed by atoms with Crippen LogP contribution < -0.4 is 10.3 Å². The zero-order valence-corrected chi connectivity index (χ0v) is 16.3. The zero-order chi connectivity index (χ0) is 21.0. The van der Waals surface area contributed by atoms with Gasteiger partial charge in [-0.1, -0.05) is 6.92 Å². The molecule has 0 saturated carbocycles. The van der Waals surface area contributed by atoms with Gasteiger partial charge in [-0.25, -0.2) is 0 Å². The quantitative estimate of drug-likeness (QED) is 0.434. The van der Waals surface area contributed by atoms with Crippen molar-refractivity contribution in [3.05, 3.63) is 68.3 Å². The van der Waals surface area contributed by atoms with E-state index in [2.05, 4.69) is 29.3 Å². The molecule has 9 nitrogen and oxygen atoms in total. The molecule has 0 radical (unpaired) electrons. The molecule has 0 aromatic heterocycles. The molecule has 0 unspecified atom stereocenters. The molecular weight excluding hydrogens is 374 g/mol. The number of rotatable bonds is 6. The Hall–Kier alpha value is -3.49. The Bertz CT molecular complexity index is 929. The van der Waals surface area contributed by atoms with Crippen LogP contribution >= 0.6 is 0 Å². The summed E-state index contributed by atoms with van der Waals surface area (Å²) < 4.78 is 0. The average molecular weight is 397 g/mol. The normalized spacial score (nSPS) is 19.3. The lowest BCUT2D eigenvalue weighted by Gasteiger charge is -2.39. The molecule has 1 aliphatic heterocycles. The van der Waals surface area contributed by atoms with Gasteiger partial charge in [-0.3, -0.25) is 25.7 Å². The molecule has 9 heteroatoms. The summed E-state index contributed by atoms with van der Waals surface area (Å²) in [5.41, 5.74) is 4.95. The van der Waals surface area contributed by atoms with Gasteiger partial charge in [0.2, 0.25) is 0 Å². The first kappa shape index (κ1) is 20.2. The van der Waals surface area contributed by atoms with Crippen molar-refractivity contribution < 1.29 is 9.85 Å². The monoisotopic (exact) mass is 397 g/mol. The highest BCUT2D eigenvalue weighted by atomic mass is 16.6. The minimum absolute atomic E-state index is 0.00330. The van der Waals surface area contributed by atoms with Crippen molar-refractivity contribution >= 4 is 29.0 Å². The fourth-order valence-corrected chi connectivity index (χ4v) is 3.62. The predicted molar refractivity (Wildman–Crippen MR) is 113 cm³/mol. The Balaban J connectivity index is 1.83. The molecule has 152 valence electrons. The fraction of sp³-hybridized carbons (Fsp3) is 0.350. The van der Waals surface area contributed by atoms with E-state index < -0.39 is 9.85 Å². The number of hydrogen-bond donors (Lipinski definition) is 1. The topological polar surface area (TPSA) is 114 Å². The van der Waals surface area contributed by atoms with Crippen LogP contribution in [0.4, 0.5) is 22.7 Å². The summed E-state index contributed by atoms with van der Waals surface area (Å²) >= 11 is 0. The van der Waals surface area contributed by atoms with Crippen molar-refractivity contribution in [2.45, 2.75) is 32.7 Å². The van der Waals surface area contributed by atoms with Gasteiger partial charge in [0.05, 0.1) is 21.7 Å². The van der Waals surface area contributed by atoms with Crippen LogP contribution in [0.25, 0.3) is 0 Å². The van der Waals surface area contributed by atoms with Crippen molar-refractivity contribution in [2.24, 2.45) is 11.0 Å². The van der Waals surface area contributed by atoms with Gasteiger partial charge in [0, 0.05) is 48.1 Å². The Morgan fingerprint density at radius 1 is 1.07 bits per heavy atom. The van der Waals surface area contributed by atoms with E-state index >= 15 is 0 Å². The van der Waals surface area contributed by atoms with E-state index in [1.807, 2.05) is 0 Å². The summed E-state index contributed by atoms with van der Waals surface area (Å²) in [5, 5.41) is 26.1. The Kier molecular flexibility index (Phi) is 6.06. The van der Waals surface area contributed by atoms with Crippen molar-refractivity contribution in [2.75, 3.05) is 16.9 Å². The molecule has 1 aliphatic rings. The lowest BCUT2D eigenvalue weighted by atomic mass is 9.92. The van der Waals surface area contributed by atoms with Crippen LogP contribution in [0.2, 0.25) is 0 Å². The Morgan fingerprint density at radius 3 is 2.34 bits per heavy atom. The molecule has 2 aromatic carbocycles. The van der Waals surface area contributed by atoms with Crippen LogP contribution in [0.3, 0.4) is 0 Å². The molecule has 2 aromatic rings. The standard InChI is InChI=1S/C20H23N5O4/c1-14-9-10-23(15(2)11-14)20-8-7-19(25(28)29)12-16(20)13-21-22-17-3-5-18(6-4-17)24(26)27/h3-8,12-15,22H,9-11H2,1-2H3/b21-13-/t14-,15-/m0/s1. The molecule has 2 atom stereocenters. The van der Waals surface area contributed by atoms with E-state index in [1.54, 1.807) is 24.4 Å². The van der Waals surface area contributed by atoms with Crippen molar-refractivity contribution in [1.29, 1.82) is 0 Å². The van der Waals surface area contributed by atoms with E-state index in [-0.39, 0.29) is 11.4 Å². The van der Waals surface area contributed by atoms with Gasteiger partial charge in [0.15, 0.2) is 0 Å². The highest BCUT2D eigenvalue weighted by Gasteiger charge is 2.25. The number of benzene rings is 2. The second-order valence-corrected chi connectivity index (χ2v) is 7.35. The molecule has 29 heavy (non-hydrogen) atoms. The maximum absolute atomic E-state index is 11.2. The number of nitrogens with one attached hydrogen (secondary N) is 1. The van der Waals surface area contributed by atoms with E-state index in [0.29, 0.717) is 23.2 Å². The molecule has 1 heterocycles. The highest BCUT2D eigenvalue weighted by molar-refractivity contribution is 5.89. The highest BCUT2D eigenvalue weighted by Crippen LogP contribution is 2.31.